The number of hydrogen-bond acceptors (Lipinski definition) is 5. The predicted molar refractivity (Wildman–Crippen MR) is 95.5 cm³/mol. The minimum absolute atomic E-state index is 0.442. The molecular formula is C17H11Cl2N5. The lowest BCUT2D eigenvalue weighted by Crippen LogP contribution is -1.74. The lowest BCUT2D eigenvalue weighted by Gasteiger charge is -1.96. The summed E-state index contributed by atoms with van der Waals surface area (Å²) >= 11 is 11.7. The Kier molecular flexibility index (Phi) is 5.25. The average Bonchev–Trinajstić information content (AvgIpc) is 2.61. The van der Waals surface area contributed by atoms with Crippen molar-refractivity contribution in [2.75, 3.05) is 0 Å². The van der Waals surface area contributed by atoms with Crippen molar-refractivity contribution in [3.05, 3.63) is 76.8 Å². The van der Waals surface area contributed by atoms with Crippen LogP contribution in [0.15, 0.2) is 87.2 Å². The number of aromatic nitrogens is 1. The molecule has 0 spiro atoms. The van der Waals surface area contributed by atoms with Crippen molar-refractivity contribution >= 4 is 46.2 Å². The Bertz CT molecular complexity index is 803. The van der Waals surface area contributed by atoms with Crippen molar-refractivity contribution in [2.24, 2.45) is 20.5 Å². The highest BCUT2D eigenvalue weighted by molar-refractivity contribution is 6.30. The van der Waals surface area contributed by atoms with Crippen molar-refractivity contribution in [3.8, 4) is 0 Å². The number of pyridine rings is 1. The zero-order chi connectivity index (χ0) is 16.8. The summed E-state index contributed by atoms with van der Waals surface area (Å²) in [6.07, 6.45) is 0. The minimum atomic E-state index is 0.442. The average molecular weight is 356 g/mol. The highest BCUT2D eigenvalue weighted by Crippen LogP contribution is 2.22. The van der Waals surface area contributed by atoms with E-state index in [-0.39, 0.29) is 0 Å². The molecule has 0 aliphatic carbocycles. The van der Waals surface area contributed by atoms with Crippen LogP contribution in [0, 0.1) is 0 Å². The Labute approximate surface area is 148 Å². The third kappa shape index (κ3) is 4.68. The van der Waals surface area contributed by atoms with E-state index in [1.807, 2.05) is 0 Å². The Hall–Kier alpha value is -2.63. The first kappa shape index (κ1) is 16.2. The normalized spacial score (nSPS) is 11.4. The van der Waals surface area contributed by atoms with Gasteiger partial charge in [-0.3, -0.25) is 0 Å². The molecule has 0 N–H and O–H groups in total. The van der Waals surface area contributed by atoms with Crippen molar-refractivity contribution in [1.29, 1.82) is 0 Å². The van der Waals surface area contributed by atoms with Crippen LogP contribution in [0.3, 0.4) is 0 Å². The zero-order valence-corrected chi connectivity index (χ0v) is 13.9. The van der Waals surface area contributed by atoms with Crippen LogP contribution in [0.5, 0.6) is 0 Å². The fourth-order valence-electron chi connectivity index (χ4n) is 1.76. The SMILES string of the molecule is Clc1ccc(N=Nc2cccc(N=Nc3ccc(Cl)cc3)n2)cc1. The molecule has 0 fully saturated rings. The quantitative estimate of drug-likeness (QED) is 0.455. The molecule has 0 amide bonds. The molecule has 0 atom stereocenters. The van der Waals surface area contributed by atoms with E-state index in [1.165, 1.54) is 0 Å². The highest BCUT2D eigenvalue weighted by atomic mass is 35.5. The summed E-state index contributed by atoms with van der Waals surface area (Å²) < 4.78 is 0. The maximum atomic E-state index is 5.83. The van der Waals surface area contributed by atoms with Crippen molar-refractivity contribution < 1.29 is 0 Å². The second-order valence-electron chi connectivity index (χ2n) is 4.71. The van der Waals surface area contributed by atoms with Gasteiger partial charge in [0.05, 0.1) is 11.4 Å². The van der Waals surface area contributed by atoms with Gasteiger partial charge in [-0.15, -0.1) is 20.5 Å². The topological polar surface area (TPSA) is 62.3 Å². The van der Waals surface area contributed by atoms with E-state index in [2.05, 4.69) is 25.4 Å². The largest absolute Gasteiger partial charge is 0.206 e. The van der Waals surface area contributed by atoms with E-state index >= 15 is 0 Å². The molecule has 5 nitrogen and oxygen atoms in total. The van der Waals surface area contributed by atoms with E-state index in [1.54, 1.807) is 66.7 Å². The Morgan fingerprint density at radius 3 is 1.38 bits per heavy atom. The molecule has 2 aromatic carbocycles. The summed E-state index contributed by atoms with van der Waals surface area (Å²) in [5.41, 5.74) is 1.38. The van der Waals surface area contributed by atoms with Crippen molar-refractivity contribution in [2.45, 2.75) is 0 Å². The summed E-state index contributed by atoms with van der Waals surface area (Å²) in [6, 6.07) is 19.4. The summed E-state index contributed by atoms with van der Waals surface area (Å²) in [5.74, 6) is 0.884. The van der Waals surface area contributed by atoms with Gasteiger partial charge in [0.2, 0.25) is 0 Å². The summed E-state index contributed by atoms with van der Waals surface area (Å²) in [5, 5.41) is 17.7. The van der Waals surface area contributed by atoms with Crippen LogP contribution in [-0.4, -0.2) is 4.98 Å². The molecule has 3 rings (SSSR count). The Balaban J connectivity index is 1.74. The van der Waals surface area contributed by atoms with Gasteiger partial charge >= 0.3 is 0 Å². The lowest BCUT2D eigenvalue weighted by molar-refractivity contribution is 1.11. The van der Waals surface area contributed by atoms with Gasteiger partial charge in [-0.2, -0.15) is 0 Å². The lowest BCUT2D eigenvalue weighted by atomic mass is 10.3. The van der Waals surface area contributed by atoms with Crippen LogP contribution in [0.4, 0.5) is 23.0 Å². The molecule has 0 unspecified atom stereocenters. The van der Waals surface area contributed by atoms with Crippen LogP contribution in [-0.2, 0) is 0 Å². The van der Waals surface area contributed by atoms with E-state index in [0.717, 1.165) is 0 Å². The standard InChI is InChI=1S/C17H11Cl2N5/c18-12-4-8-14(9-5-12)21-23-16-2-1-3-17(20-16)24-22-15-10-6-13(19)7-11-15/h1-11H. The van der Waals surface area contributed by atoms with E-state index in [4.69, 9.17) is 23.2 Å². The van der Waals surface area contributed by atoms with Gasteiger partial charge < -0.3 is 0 Å². The molecule has 1 aromatic heterocycles. The van der Waals surface area contributed by atoms with Crippen molar-refractivity contribution in [1.82, 2.24) is 4.98 Å². The van der Waals surface area contributed by atoms with Gasteiger partial charge in [0.15, 0.2) is 11.6 Å². The number of rotatable bonds is 4. The van der Waals surface area contributed by atoms with Gasteiger partial charge in [0.1, 0.15) is 0 Å². The molecule has 1 heterocycles. The number of benzene rings is 2. The van der Waals surface area contributed by atoms with Crippen molar-refractivity contribution in [3.63, 3.8) is 0 Å². The van der Waals surface area contributed by atoms with Gasteiger partial charge in [0, 0.05) is 10.0 Å². The van der Waals surface area contributed by atoms with Gasteiger partial charge in [-0.1, -0.05) is 29.3 Å². The molecule has 0 bridgehead atoms. The van der Waals surface area contributed by atoms with Crippen LogP contribution in [0.1, 0.15) is 0 Å². The molecule has 24 heavy (non-hydrogen) atoms. The van der Waals surface area contributed by atoms with Gasteiger partial charge in [-0.25, -0.2) is 4.98 Å². The summed E-state index contributed by atoms with van der Waals surface area (Å²) in [7, 11) is 0. The molecule has 0 saturated carbocycles. The van der Waals surface area contributed by atoms with E-state index in [0.29, 0.717) is 33.1 Å². The summed E-state index contributed by atoms with van der Waals surface area (Å²) in [4.78, 5) is 4.27. The monoisotopic (exact) mass is 355 g/mol. The highest BCUT2D eigenvalue weighted by Gasteiger charge is 1.97. The number of hydrogen-bond donors (Lipinski definition) is 0. The third-order valence-corrected chi connectivity index (χ3v) is 3.41. The predicted octanol–water partition coefficient (Wildman–Crippen LogP) is 7.22. The number of azo groups is 2. The molecule has 7 heteroatoms. The maximum absolute atomic E-state index is 5.83. The fourth-order valence-corrected chi connectivity index (χ4v) is 2.01. The molecule has 0 aliphatic rings. The Morgan fingerprint density at radius 2 is 0.958 bits per heavy atom. The zero-order valence-electron chi connectivity index (χ0n) is 12.3. The van der Waals surface area contributed by atoms with Gasteiger partial charge in [0.25, 0.3) is 0 Å². The number of nitrogens with zero attached hydrogens (tertiary/aromatic N) is 5. The molecule has 3 aromatic rings. The van der Waals surface area contributed by atoms with Crippen LogP contribution < -0.4 is 0 Å². The van der Waals surface area contributed by atoms with Crippen LogP contribution >= 0.6 is 23.2 Å². The second-order valence-corrected chi connectivity index (χ2v) is 5.58. The molecule has 0 aliphatic heterocycles. The summed E-state index contributed by atoms with van der Waals surface area (Å²) in [6.45, 7) is 0. The van der Waals surface area contributed by atoms with Gasteiger partial charge in [-0.05, 0) is 60.7 Å². The maximum Gasteiger partial charge on any atom is 0.176 e. The first-order chi connectivity index (χ1) is 11.7. The first-order valence-electron chi connectivity index (χ1n) is 7.01. The molecule has 0 saturated heterocycles. The molecule has 0 radical (unpaired) electrons. The van der Waals surface area contributed by atoms with E-state index < -0.39 is 0 Å². The Morgan fingerprint density at radius 1 is 0.542 bits per heavy atom. The molecular weight excluding hydrogens is 345 g/mol. The van der Waals surface area contributed by atoms with E-state index in [9.17, 15) is 0 Å². The minimum Gasteiger partial charge on any atom is -0.206 e. The fraction of sp³-hybridized carbons (Fsp3) is 0. The molecule has 118 valence electrons. The van der Waals surface area contributed by atoms with Crippen LogP contribution in [0.25, 0.3) is 0 Å². The second kappa shape index (κ2) is 7.77. The van der Waals surface area contributed by atoms with Crippen LogP contribution in [0.2, 0.25) is 10.0 Å². The first-order valence-corrected chi connectivity index (χ1v) is 7.76. The smallest absolute Gasteiger partial charge is 0.176 e. The third-order valence-electron chi connectivity index (χ3n) is 2.91. The number of halogens is 2.